The molecule has 0 fully saturated rings. The average Bonchev–Trinajstić information content (AvgIpc) is 2.01. The molecule has 0 aliphatic carbocycles. The molecule has 14 heavy (non-hydrogen) atoms. The summed E-state index contributed by atoms with van der Waals surface area (Å²) in [5.74, 6) is -0.166. The van der Waals surface area contributed by atoms with Gasteiger partial charge in [-0.1, -0.05) is 6.07 Å². The molecule has 2 N–H and O–H groups in total. The van der Waals surface area contributed by atoms with Crippen molar-refractivity contribution in [1.82, 2.24) is 4.90 Å². The van der Waals surface area contributed by atoms with Crippen LogP contribution in [0.3, 0.4) is 0 Å². The summed E-state index contributed by atoms with van der Waals surface area (Å²) in [6, 6.07) is 5.10. The smallest absolute Gasteiger partial charge is 0.123 e. The highest BCUT2D eigenvalue weighted by molar-refractivity contribution is 5.23. The minimum absolute atomic E-state index is 0.166. The Morgan fingerprint density at radius 1 is 1.36 bits per heavy atom. The summed E-state index contributed by atoms with van der Waals surface area (Å²) in [6.07, 6.45) is 0. The maximum absolute atomic E-state index is 13.0. The van der Waals surface area contributed by atoms with Crippen molar-refractivity contribution in [3.8, 4) is 0 Å². The maximum atomic E-state index is 13.0. The molecule has 1 rings (SSSR count). The van der Waals surface area contributed by atoms with E-state index in [2.05, 4.69) is 4.90 Å². The fraction of sp³-hybridized carbons (Fsp3) is 0.455. The third kappa shape index (κ3) is 3.44. The molecule has 0 spiro atoms. The molecule has 0 aliphatic rings. The van der Waals surface area contributed by atoms with Gasteiger partial charge in [0.15, 0.2) is 0 Å². The van der Waals surface area contributed by atoms with Crippen LogP contribution >= 0.6 is 0 Å². The van der Waals surface area contributed by atoms with E-state index in [1.807, 2.05) is 20.0 Å². The van der Waals surface area contributed by atoms with Gasteiger partial charge >= 0.3 is 0 Å². The zero-order valence-corrected chi connectivity index (χ0v) is 8.76. The van der Waals surface area contributed by atoms with Crippen molar-refractivity contribution in [2.45, 2.75) is 13.5 Å². The normalized spacial score (nSPS) is 10.9. The Kier molecular flexibility index (Phi) is 4.04. The van der Waals surface area contributed by atoms with Crippen LogP contribution in [0.2, 0.25) is 0 Å². The Hall–Kier alpha value is -0.930. The molecule has 0 unspecified atom stereocenters. The molecule has 78 valence electrons. The van der Waals surface area contributed by atoms with Gasteiger partial charge in [0.25, 0.3) is 0 Å². The van der Waals surface area contributed by atoms with Gasteiger partial charge in [-0.2, -0.15) is 0 Å². The van der Waals surface area contributed by atoms with Gasteiger partial charge in [-0.3, -0.25) is 0 Å². The maximum Gasteiger partial charge on any atom is 0.123 e. The van der Waals surface area contributed by atoms with Crippen molar-refractivity contribution in [1.29, 1.82) is 0 Å². The molecule has 0 amide bonds. The summed E-state index contributed by atoms with van der Waals surface area (Å²) in [5, 5.41) is 0. The molecule has 2 nitrogen and oxygen atoms in total. The lowest BCUT2D eigenvalue weighted by Gasteiger charge is -2.15. The monoisotopic (exact) mass is 196 g/mol. The van der Waals surface area contributed by atoms with Gasteiger partial charge in [0.1, 0.15) is 5.82 Å². The summed E-state index contributed by atoms with van der Waals surface area (Å²) in [6.45, 7) is 4.10. The van der Waals surface area contributed by atoms with Crippen molar-refractivity contribution >= 4 is 0 Å². The number of halogens is 1. The highest BCUT2D eigenvalue weighted by Crippen LogP contribution is 2.09. The van der Waals surface area contributed by atoms with Crippen LogP contribution < -0.4 is 5.73 Å². The first kappa shape index (κ1) is 11.1. The van der Waals surface area contributed by atoms with Crippen LogP contribution in [0.1, 0.15) is 11.1 Å². The van der Waals surface area contributed by atoms with E-state index in [1.54, 1.807) is 6.07 Å². The van der Waals surface area contributed by atoms with Crippen molar-refractivity contribution in [2.75, 3.05) is 20.1 Å². The molecule has 0 atom stereocenters. The third-order valence-electron chi connectivity index (χ3n) is 2.07. The number of likely N-dealkylation sites (N-methyl/N-ethyl adjacent to an activating group) is 1. The van der Waals surface area contributed by atoms with Crippen LogP contribution in [0.4, 0.5) is 4.39 Å². The summed E-state index contributed by atoms with van der Waals surface area (Å²) in [5.41, 5.74) is 7.39. The number of aryl methyl sites for hydroxylation is 1. The fourth-order valence-corrected chi connectivity index (χ4v) is 1.51. The first-order valence-corrected chi connectivity index (χ1v) is 4.76. The summed E-state index contributed by atoms with van der Waals surface area (Å²) >= 11 is 0. The summed E-state index contributed by atoms with van der Waals surface area (Å²) < 4.78 is 13.0. The Morgan fingerprint density at radius 3 is 2.64 bits per heavy atom. The summed E-state index contributed by atoms with van der Waals surface area (Å²) in [4.78, 5) is 2.08. The van der Waals surface area contributed by atoms with Crippen LogP contribution in [-0.2, 0) is 6.54 Å². The zero-order valence-electron chi connectivity index (χ0n) is 8.76. The molecule has 0 bridgehead atoms. The molecule has 0 saturated heterocycles. The third-order valence-corrected chi connectivity index (χ3v) is 2.07. The van der Waals surface area contributed by atoms with E-state index in [0.717, 1.165) is 24.2 Å². The molecule has 1 aromatic carbocycles. The van der Waals surface area contributed by atoms with Crippen LogP contribution in [0, 0.1) is 12.7 Å². The van der Waals surface area contributed by atoms with E-state index in [1.165, 1.54) is 6.07 Å². The molecule has 0 aliphatic heterocycles. The second-order valence-electron chi connectivity index (χ2n) is 3.66. The molecular weight excluding hydrogens is 179 g/mol. The summed E-state index contributed by atoms with van der Waals surface area (Å²) in [7, 11) is 1.98. The highest BCUT2D eigenvalue weighted by Gasteiger charge is 2.01. The molecule has 3 heteroatoms. The predicted octanol–water partition coefficient (Wildman–Crippen LogP) is 1.52. The second kappa shape index (κ2) is 5.08. The molecular formula is C11H17FN2. The quantitative estimate of drug-likeness (QED) is 0.791. The van der Waals surface area contributed by atoms with Crippen molar-refractivity contribution < 1.29 is 4.39 Å². The number of benzene rings is 1. The number of nitrogens with two attached hydrogens (primary N) is 1. The highest BCUT2D eigenvalue weighted by atomic mass is 19.1. The van der Waals surface area contributed by atoms with Gasteiger partial charge in [-0.25, -0.2) is 4.39 Å². The number of rotatable bonds is 4. The SMILES string of the molecule is Cc1cc(F)cc(CN(C)CCN)c1. The Bertz CT molecular complexity index is 279. The van der Waals surface area contributed by atoms with E-state index in [0.29, 0.717) is 6.54 Å². The Balaban J connectivity index is 2.66. The van der Waals surface area contributed by atoms with Crippen LogP contribution in [-0.4, -0.2) is 25.0 Å². The predicted molar refractivity (Wildman–Crippen MR) is 56.5 cm³/mol. The number of nitrogens with zero attached hydrogens (tertiary/aromatic N) is 1. The topological polar surface area (TPSA) is 29.3 Å². The lowest BCUT2D eigenvalue weighted by atomic mass is 10.1. The van der Waals surface area contributed by atoms with Gasteiger partial charge < -0.3 is 10.6 Å². The lowest BCUT2D eigenvalue weighted by Crippen LogP contribution is -2.25. The molecule has 0 saturated carbocycles. The Labute approximate surface area is 84.5 Å². The number of hydrogen-bond acceptors (Lipinski definition) is 2. The van der Waals surface area contributed by atoms with Crippen molar-refractivity contribution in [2.24, 2.45) is 5.73 Å². The first-order chi connectivity index (χ1) is 6.61. The van der Waals surface area contributed by atoms with E-state index in [-0.39, 0.29) is 5.82 Å². The lowest BCUT2D eigenvalue weighted by molar-refractivity contribution is 0.335. The van der Waals surface area contributed by atoms with Crippen molar-refractivity contribution in [3.05, 3.63) is 35.1 Å². The largest absolute Gasteiger partial charge is 0.329 e. The van der Waals surface area contributed by atoms with Gasteiger partial charge in [-0.05, 0) is 37.2 Å². The minimum Gasteiger partial charge on any atom is -0.329 e. The molecule has 0 heterocycles. The van der Waals surface area contributed by atoms with E-state index in [9.17, 15) is 4.39 Å². The van der Waals surface area contributed by atoms with Crippen molar-refractivity contribution in [3.63, 3.8) is 0 Å². The number of hydrogen-bond donors (Lipinski definition) is 1. The van der Waals surface area contributed by atoms with E-state index >= 15 is 0 Å². The van der Waals surface area contributed by atoms with Crippen LogP contribution in [0.5, 0.6) is 0 Å². The van der Waals surface area contributed by atoms with Gasteiger partial charge in [-0.15, -0.1) is 0 Å². The van der Waals surface area contributed by atoms with E-state index < -0.39 is 0 Å². The van der Waals surface area contributed by atoms with Crippen LogP contribution in [0.15, 0.2) is 18.2 Å². The molecule has 0 aromatic heterocycles. The standard InChI is InChI=1S/C11H17FN2/c1-9-5-10(7-11(12)6-9)8-14(2)4-3-13/h5-7H,3-4,8,13H2,1-2H3. The molecule has 0 radical (unpaired) electrons. The van der Waals surface area contributed by atoms with Gasteiger partial charge in [0, 0.05) is 19.6 Å². The molecule has 1 aromatic rings. The van der Waals surface area contributed by atoms with Gasteiger partial charge in [0.05, 0.1) is 0 Å². The first-order valence-electron chi connectivity index (χ1n) is 4.76. The Morgan fingerprint density at radius 2 is 2.07 bits per heavy atom. The zero-order chi connectivity index (χ0) is 10.6. The minimum atomic E-state index is -0.166. The fourth-order valence-electron chi connectivity index (χ4n) is 1.51. The average molecular weight is 196 g/mol. The van der Waals surface area contributed by atoms with Gasteiger partial charge in [0.2, 0.25) is 0 Å². The van der Waals surface area contributed by atoms with Crippen LogP contribution in [0.25, 0.3) is 0 Å². The van der Waals surface area contributed by atoms with E-state index in [4.69, 9.17) is 5.73 Å². The second-order valence-corrected chi connectivity index (χ2v) is 3.66.